The monoisotopic (exact) mass is 440 g/mol. The zero-order valence-corrected chi connectivity index (χ0v) is 18.2. The van der Waals surface area contributed by atoms with Crippen LogP contribution in [0.1, 0.15) is 18.1 Å². The highest BCUT2D eigenvalue weighted by atomic mass is 32.2. The number of benzene rings is 3. The maximum absolute atomic E-state index is 13.3. The number of nitrogens with one attached hydrogen (secondary N) is 1. The maximum atomic E-state index is 13.3. The fraction of sp³-hybridized carbons (Fsp3) is 0.120. The second-order valence-corrected chi connectivity index (χ2v) is 8.04. The van der Waals surface area contributed by atoms with Gasteiger partial charge < -0.3 is 5.32 Å². The lowest BCUT2D eigenvalue weighted by atomic mass is 10.1. The van der Waals surface area contributed by atoms with Crippen LogP contribution in [0.2, 0.25) is 0 Å². The van der Waals surface area contributed by atoms with Crippen LogP contribution in [0, 0.1) is 11.3 Å². The van der Waals surface area contributed by atoms with Gasteiger partial charge in [-0.05, 0) is 54.4 Å². The van der Waals surface area contributed by atoms with Gasteiger partial charge in [0.15, 0.2) is 5.16 Å². The molecule has 0 unspecified atom stereocenters. The van der Waals surface area contributed by atoms with E-state index in [0.29, 0.717) is 33.0 Å². The fourth-order valence-electron chi connectivity index (χ4n) is 3.31. The van der Waals surface area contributed by atoms with Crippen molar-refractivity contribution < 1.29 is 4.79 Å². The van der Waals surface area contributed by atoms with Gasteiger partial charge in [-0.2, -0.15) is 5.26 Å². The molecule has 0 saturated heterocycles. The number of nitrogens with zero attached hydrogens (tertiary/aromatic N) is 3. The topological polar surface area (TPSA) is 87.8 Å². The smallest absolute Gasteiger partial charge is 0.266 e. The second kappa shape index (κ2) is 9.50. The van der Waals surface area contributed by atoms with Crippen molar-refractivity contribution in [3.05, 3.63) is 94.3 Å². The molecule has 0 aliphatic heterocycles. The van der Waals surface area contributed by atoms with Crippen molar-refractivity contribution in [1.29, 1.82) is 5.26 Å². The summed E-state index contributed by atoms with van der Waals surface area (Å²) in [5, 5.41) is 12.8. The molecule has 0 aliphatic rings. The molecule has 1 heterocycles. The minimum atomic E-state index is -0.250. The molecular formula is C25H20N4O2S. The van der Waals surface area contributed by atoms with Gasteiger partial charge in [-0.1, -0.05) is 49.0 Å². The Kier molecular flexibility index (Phi) is 6.34. The third-order valence-corrected chi connectivity index (χ3v) is 5.89. The predicted octanol–water partition coefficient (Wildman–Crippen LogP) is 4.55. The van der Waals surface area contributed by atoms with Crippen molar-refractivity contribution in [2.24, 2.45) is 0 Å². The van der Waals surface area contributed by atoms with Gasteiger partial charge in [0, 0.05) is 5.69 Å². The second-order valence-electron chi connectivity index (χ2n) is 7.10. The molecule has 0 saturated carbocycles. The standard InChI is InChI=1S/C25H20N4O2S/c1-2-17-10-12-20(13-11-17)29-24(31)21-8-3-4-9-22(21)28-25(29)32-16-23(30)27-19-7-5-6-18(14-19)15-26/h3-14H,2,16H2,1H3,(H,27,30). The van der Waals surface area contributed by atoms with Crippen molar-refractivity contribution in [2.45, 2.75) is 18.5 Å². The lowest BCUT2D eigenvalue weighted by Crippen LogP contribution is -2.23. The Balaban J connectivity index is 1.65. The van der Waals surface area contributed by atoms with Crippen LogP contribution in [-0.2, 0) is 11.2 Å². The van der Waals surface area contributed by atoms with Gasteiger partial charge in [-0.25, -0.2) is 4.98 Å². The molecule has 0 spiro atoms. The molecule has 1 amide bonds. The van der Waals surface area contributed by atoms with Crippen LogP contribution in [0.25, 0.3) is 16.6 Å². The average molecular weight is 441 g/mol. The van der Waals surface area contributed by atoms with Crippen molar-refractivity contribution in [2.75, 3.05) is 11.1 Å². The van der Waals surface area contributed by atoms with Crippen LogP contribution < -0.4 is 10.9 Å². The van der Waals surface area contributed by atoms with Gasteiger partial charge in [0.2, 0.25) is 5.91 Å². The SMILES string of the molecule is CCc1ccc(-n2c(SCC(=O)Nc3cccc(C#N)c3)nc3ccccc3c2=O)cc1. The van der Waals surface area contributed by atoms with Crippen molar-refractivity contribution in [1.82, 2.24) is 9.55 Å². The number of aryl methyl sites for hydroxylation is 1. The van der Waals surface area contributed by atoms with E-state index < -0.39 is 0 Å². The number of fused-ring (bicyclic) bond motifs is 1. The van der Waals surface area contributed by atoms with Crippen LogP contribution in [0.5, 0.6) is 0 Å². The molecule has 1 N–H and O–H groups in total. The minimum Gasteiger partial charge on any atom is -0.325 e. The Hall–Kier alpha value is -3.89. The molecule has 0 bridgehead atoms. The highest BCUT2D eigenvalue weighted by Crippen LogP contribution is 2.22. The number of hydrogen-bond acceptors (Lipinski definition) is 5. The van der Waals surface area contributed by atoms with Gasteiger partial charge >= 0.3 is 0 Å². The lowest BCUT2D eigenvalue weighted by Gasteiger charge is -2.13. The Bertz CT molecular complexity index is 1390. The minimum absolute atomic E-state index is 0.0641. The first-order chi connectivity index (χ1) is 15.6. The molecule has 6 nitrogen and oxygen atoms in total. The lowest BCUT2D eigenvalue weighted by molar-refractivity contribution is -0.113. The Morgan fingerprint density at radius 1 is 1.09 bits per heavy atom. The van der Waals surface area contributed by atoms with E-state index in [4.69, 9.17) is 5.26 Å². The van der Waals surface area contributed by atoms with E-state index in [1.54, 1.807) is 41.0 Å². The van der Waals surface area contributed by atoms with Crippen LogP contribution in [0.4, 0.5) is 5.69 Å². The van der Waals surface area contributed by atoms with E-state index in [1.165, 1.54) is 17.3 Å². The highest BCUT2D eigenvalue weighted by molar-refractivity contribution is 7.99. The molecule has 158 valence electrons. The summed E-state index contributed by atoms with van der Waals surface area (Å²) in [6.07, 6.45) is 0.903. The van der Waals surface area contributed by atoms with Gasteiger partial charge in [0.25, 0.3) is 5.56 Å². The van der Waals surface area contributed by atoms with Crippen LogP contribution in [-0.4, -0.2) is 21.2 Å². The van der Waals surface area contributed by atoms with Crippen LogP contribution in [0.15, 0.2) is 82.7 Å². The number of nitriles is 1. The van der Waals surface area contributed by atoms with E-state index in [1.807, 2.05) is 36.4 Å². The number of aromatic nitrogens is 2. The summed E-state index contributed by atoms with van der Waals surface area (Å²) in [6.45, 7) is 2.07. The normalized spacial score (nSPS) is 10.6. The maximum Gasteiger partial charge on any atom is 0.266 e. The van der Waals surface area contributed by atoms with Gasteiger partial charge in [0.05, 0.1) is 34.0 Å². The number of amides is 1. The Morgan fingerprint density at radius 3 is 2.62 bits per heavy atom. The van der Waals surface area contributed by atoms with Crippen LogP contribution >= 0.6 is 11.8 Å². The molecule has 3 aromatic carbocycles. The number of anilines is 1. The molecule has 7 heteroatoms. The first kappa shape index (κ1) is 21.3. The molecule has 4 rings (SSSR count). The Morgan fingerprint density at radius 2 is 1.88 bits per heavy atom. The molecule has 0 radical (unpaired) electrons. The summed E-state index contributed by atoms with van der Waals surface area (Å²) in [5.74, 6) is -0.186. The number of thioether (sulfide) groups is 1. The molecule has 0 aliphatic carbocycles. The third-order valence-electron chi connectivity index (χ3n) is 4.96. The summed E-state index contributed by atoms with van der Waals surface area (Å²) in [4.78, 5) is 30.5. The number of carbonyl (C=O) groups is 1. The number of carbonyl (C=O) groups excluding carboxylic acids is 1. The highest BCUT2D eigenvalue weighted by Gasteiger charge is 2.15. The molecule has 0 fully saturated rings. The fourth-order valence-corrected chi connectivity index (χ4v) is 4.12. The molecule has 0 atom stereocenters. The van der Waals surface area contributed by atoms with Crippen LogP contribution in [0.3, 0.4) is 0 Å². The zero-order valence-electron chi connectivity index (χ0n) is 17.4. The van der Waals surface area contributed by atoms with Gasteiger partial charge in [-0.3, -0.25) is 14.2 Å². The largest absolute Gasteiger partial charge is 0.325 e. The van der Waals surface area contributed by atoms with E-state index in [0.717, 1.165) is 6.42 Å². The molecule has 4 aromatic rings. The van der Waals surface area contributed by atoms with Crippen molar-refractivity contribution in [3.63, 3.8) is 0 Å². The first-order valence-corrected chi connectivity index (χ1v) is 11.1. The molecule has 32 heavy (non-hydrogen) atoms. The average Bonchev–Trinajstić information content (AvgIpc) is 2.83. The molecular weight excluding hydrogens is 420 g/mol. The quantitative estimate of drug-likeness (QED) is 0.351. The zero-order chi connectivity index (χ0) is 22.5. The first-order valence-electron chi connectivity index (χ1n) is 10.1. The summed E-state index contributed by atoms with van der Waals surface area (Å²) in [6, 6.07) is 23.7. The van der Waals surface area contributed by atoms with E-state index in [-0.39, 0.29) is 17.2 Å². The summed E-state index contributed by atoms with van der Waals surface area (Å²) >= 11 is 1.19. The number of hydrogen-bond donors (Lipinski definition) is 1. The Labute approximate surface area is 189 Å². The third kappa shape index (κ3) is 4.56. The van der Waals surface area contributed by atoms with E-state index >= 15 is 0 Å². The van der Waals surface area contributed by atoms with Gasteiger partial charge in [-0.15, -0.1) is 0 Å². The predicted molar refractivity (Wildman–Crippen MR) is 127 cm³/mol. The van der Waals surface area contributed by atoms with E-state index in [2.05, 4.69) is 23.3 Å². The summed E-state index contributed by atoms with van der Waals surface area (Å²) < 4.78 is 1.55. The van der Waals surface area contributed by atoms with Gasteiger partial charge in [0.1, 0.15) is 0 Å². The summed E-state index contributed by atoms with van der Waals surface area (Å²) in [7, 11) is 0. The van der Waals surface area contributed by atoms with Crippen molar-refractivity contribution >= 4 is 34.3 Å². The number of para-hydroxylation sites is 1. The molecule has 1 aromatic heterocycles. The number of rotatable bonds is 6. The summed E-state index contributed by atoms with van der Waals surface area (Å²) in [5.41, 5.74) is 3.30. The van der Waals surface area contributed by atoms with E-state index in [9.17, 15) is 9.59 Å². The van der Waals surface area contributed by atoms with Crippen molar-refractivity contribution in [3.8, 4) is 11.8 Å².